The van der Waals surface area contributed by atoms with Crippen LogP contribution in [0.25, 0.3) is 0 Å². The predicted octanol–water partition coefficient (Wildman–Crippen LogP) is 4.22. The van der Waals surface area contributed by atoms with E-state index in [0.717, 1.165) is 6.07 Å². The maximum Gasteiger partial charge on any atom is 0.387 e. The number of hydrogen-bond acceptors (Lipinski definition) is 3. The second-order valence-electron chi connectivity index (χ2n) is 3.51. The standard InChI is InChI=1S/C12H8ClF3N2O/c13-7-5-10(14)11(17-6-7)18-8-1-3-9(4-2-8)19-12(15)16/h1-6,12H,(H,17,18). The number of nitrogens with zero attached hydrogens (tertiary/aromatic N) is 1. The van der Waals surface area contributed by atoms with E-state index in [4.69, 9.17) is 11.6 Å². The Hall–Kier alpha value is -1.95. The fraction of sp³-hybridized carbons (Fsp3) is 0.0833. The quantitative estimate of drug-likeness (QED) is 0.914. The summed E-state index contributed by atoms with van der Waals surface area (Å²) in [5, 5.41) is 2.88. The number of alkyl halides is 2. The molecular formula is C12H8ClF3N2O. The van der Waals surface area contributed by atoms with Gasteiger partial charge in [-0.25, -0.2) is 9.37 Å². The Kier molecular flexibility index (Phi) is 4.11. The molecule has 3 nitrogen and oxygen atoms in total. The van der Waals surface area contributed by atoms with Crippen LogP contribution in [-0.4, -0.2) is 11.6 Å². The number of anilines is 2. The number of benzene rings is 1. The second kappa shape index (κ2) is 5.79. The SMILES string of the molecule is Fc1cc(Cl)cnc1Nc1ccc(OC(F)F)cc1. The van der Waals surface area contributed by atoms with Crippen molar-refractivity contribution in [1.82, 2.24) is 4.98 Å². The third kappa shape index (κ3) is 3.75. The van der Waals surface area contributed by atoms with Gasteiger partial charge < -0.3 is 10.1 Å². The van der Waals surface area contributed by atoms with Crippen LogP contribution >= 0.6 is 11.6 Å². The molecule has 2 rings (SSSR count). The summed E-state index contributed by atoms with van der Waals surface area (Å²) < 4.78 is 41.5. The molecule has 0 saturated heterocycles. The van der Waals surface area contributed by atoms with Gasteiger partial charge in [-0.1, -0.05) is 11.6 Å². The molecule has 0 fully saturated rings. The van der Waals surface area contributed by atoms with Crippen LogP contribution in [0.3, 0.4) is 0 Å². The molecule has 0 saturated carbocycles. The zero-order valence-electron chi connectivity index (χ0n) is 9.41. The van der Waals surface area contributed by atoms with Gasteiger partial charge in [-0.15, -0.1) is 0 Å². The summed E-state index contributed by atoms with van der Waals surface area (Å²) in [5.74, 6) is -0.600. The van der Waals surface area contributed by atoms with Crippen molar-refractivity contribution < 1.29 is 17.9 Å². The summed E-state index contributed by atoms with van der Waals surface area (Å²) in [4.78, 5) is 3.77. The lowest BCUT2D eigenvalue weighted by molar-refractivity contribution is -0.0498. The lowest BCUT2D eigenvalue weighted by Crippen LogP contribution is -2.02. The molecule has 0 amide bonds. The lowest BCUT2D eigenvalue weighted by Gasteiger charge is -2.08. The van der Waals surface area contributed by atoms with E-state index in [1.165, 1.54) is 30.5 Å². The van der Waals surface area contributed by atoms with E-state index in [0.29, 0.717) is 5.69 Å². The summed E-state index contributed by atoms with van der Waals surface area (Å²) in [6, 6.07) is 6.72. The van der Waals surface area contributed by atoms with E-state index in [2.05, 4.69) is 15.0 Å². The third-order valence-electron chi connectivity index (χ3n) is 2.15. The first-order valence-corrected chi connectivity index (χ1v) is 5.55. The number of nitrogens with one attached hydrogen (secondary N) is 1. The van der Waals surface area contributed by atoms with E-state index in [-0.39, 0.29) is 16.6 Å². The number of pyridine rings is 1. The van der Waals surface area contributed by atoms with Gasteiger partial charge in [0.05, 0.1) is 5.02 Å². The summed E-state index contributed by atoms with van der Waals surface area (Å²) in [5.41, 5.74) is 0.482. The van der Waals surface area contributed by atoms with Crippen LogP contribution in [-0.2, 0) is 0 Å². The van der Waals surface area contributed by atoms with Crippen molar-refractivity contribution >= 4 is 23.1 Å². The van der Waals surface area contributed by atoms with Gasteiger partial charge in [0.1, 0.15) is 5.75 Å². The maximum absolute atomic E-state index is 13.5. The Bertz CT molecular complexity index is 563. The molecular weight excluding hydrogens is 281 g/mol. The van der Waals surface area contributed by atoms with Gasteiger partial charge in [-0.05, 0) is 30.3 Å². The maximum atomic E-state index is 13.5. The van der Waals surface area contributed by atoms with Crippen LogP contribution in [0, 0.1) is 5.82 Å². The Morgan fingerprint density at radius 1 is 1.21 bits per heavy atom. The molecule has 100 valence electrons. The largest absolute Gasteiger partial charge is 0.435 e. The molecule has 0 spiro atoms. The van der Waals surface area contributed by atoms with Crippen molar-refractivity contribution in [2.24, 2.45) is 0 Å². The zero-order valence-corrected chi connectivity index (χ0v) is 10.2. The molecule has 0 aliphatic heterocycles. The normalized spacial score (nSPS) is 10.6. The van der Waals surface area contributed by atoms with Crippen LogP contribution in [0.5, 0.6) is 5.75 Å². The minimum absolute atomic E-state index is 0.00747. The molecule has 7 heteroatoms. The molecule has 0 aliphatic carbocycles. The van der Waals surface area contributed by atoms with Crippen LogP contribution in [0.15, 0.2) is 36.5 Å². The number of ether oxygens (including phenoxy) is 1. The molecule has 19 heavy (non-hydrogen) atoms. The highest BCUT2D eigenvalue weighted by atomic mass is 35.5. The summed E-state index contributed by atoms with van der Waals surface area (Å²) in [6.45, 7) is -2.88. The van der Waals surface area contributed by atoms with Gasteiger partial charge in [0, 0.05) is 11.9 Å². The molecule has 0 radical (unpaired) electrons. The number of hydrogen-bond donors (Lipinski definition) is 1. The second-order valence-corrected chi connectivity index (χ2v) is 3.95. The van der Waals surface area contributed by atoms with Gasteiger partial charge in [-0.3, -0.25) is 0 Å². The molecule has 2 aromatic rings. The Morgan fingerprint density at radius 3 is 2.47 bits per heavy atom. The van der Waals surface area contributed by atoms with Gasteiger partial charge >= 0.3 is 6.61 Å². The Balaban J connectivity index is 2.10. The highest BCUT2D eigenvalue weighted by Crippen LogP contribution is 2.22. The first kappa shape index (κ1) is 13.5. The van der Waals surface area contributed by atoms with Gasteiger partial charge in [0.15, 0.2) is 11.6 Å². The van der Waals surface area contributed by atoms with Crippen LogP contribution < -0.4 is 10.1 Å². The molecule has 1 aromatic heterocycles. The average Bonchev–Trinajstić information content (AvgIpc) is 2.34. The van der Waals surface area contributed by atoms with Crippen molar-refractivity contribution in [3.63, 3.8) is 0 Å². The van der Waals surface area contributed by atoms with E-state index >= 15 is 0 Å². The zero-order chi connectivity index (χ0) is 13.8. The number of halogens is 4. The number of rotatable bonds is 4. The number of aromatic nitrogens is 1. The van der Waals surface area contributed by atoms with Crippen LogP contribution in [0.1, 0.15) is 0 Å². The van der Waals surface area contributed by atoms with Gasteiger partial charge in [0.2, 0.25) is 0 Å². The topological polar surface area (TPSA) is 34.2 Å². The first-order chi connectivity index (χ1) is 9.04. The minimum atomic E-state index is -2.88. The van der Waals surface area contributed by atoms with Crippen molar-refractivity contribution in [3.8, 4) is 5.75 Å². The van der Waals surface area contributed by atoms with Gasteiger partial charge in [-0.2, -0.15) is 8.78 Å². The van der Waals surface area contributed by atoms with Crippen LogP contribution in [0.2, 0.25) is 5.02 Å². The van der Waals surface area contributed by atoms with Crippen LogP contribution in [0.4, 0.5) is 24.7 Å². The third-order valence-corrected chi connectivity index (χ3v) is 2.36. The fourth-order valence-corrected chi connectivity index (χ4v) is 1.51. The lowest BCUT2D eigenvalue weighted by atomic mass is 10.3. The van der Waals surface area contributed by atoms with Gasteiger partial charge in [0.25, 0.3) is 0 Å². The molecule has 0 unspecified atom stereocenters. The average molecular weight is 289 g/mol. The predicted molar refractivity (Wildman–Crippen MR) is 65.6 cm³/mol. The van der Waals surface area contributed by atoms with E-state index in [1.807, 2.05) is 0 Å². The highest BCUT2D eigenvalue weighted by Gasteiger charge is 2.06. The van der Waals surface area contributed by atoms with Crippen molar-refractivity contribution in [3.05, 3.63) is 47.4 Å². The smallest absolute Gasteiger partial charge is 0.387 e. The van der Waals surface area contributed by atoms with Crippen molar-refractivity contribution in [2.75, 3.05) is 5.32 Å². The summed E-state index contributed by atoms with van der Waals surface area (Å²) in [7, 11) is 0. The molecule has 1 N–H and O–H groups in total. The molecule has 0 aliphatic rings. The van der Waals surface area contributed by atoms with E-state index in [9.17, 15) is 13.2 Å². The monoisotopic (exact) mass is 288 g/mol. The molecule has 1 heterocycles. The van der Waals surface area contributed by atoms with E-state index < -0.39 is 12.4 Å². The minimum Gasteiger partial charge on any atom is -0.435 e. The van der Waals surface area contributed by atoms with Crippen molar-refractivity contribution in [2.45, 2.75) is 6.61 Å². The van der Waals surface area contributed by atoms with E-state index in [1.54, 1.807) is 0 Å². The highest BCUT2D eigenvalue weighted by molar-refractivity contribution is 6.30. The molecule has 0 atom stereocenters. The summed E-state index contributed by atoms with van der Waals surface area (Å²) in [6.07, 6.45) is 1.29. The molecule has 1 aromatic carbocycles. The Morgan fingerprint density at radius 2 is 1.89 bits per heavy atom. The fourth-order valence-electron chi connectivity index (χ4n) is 1.36. The Labute approximate surface area is 112 Å². The van der Waals surface area contributed by atoms with Crippen molar-refractivity contribution in [1.29, 1.82) is 0 Å². The molecule has 0 bridgehead atoms. The first-order valence-electron chi connectivity index (χ1n) is 5.17. The summed E-state index contributed by atoms with van der Waals surface area (Å²) >= 11 is 5.57.